The van der Waals surface area contributed by atoms with Crippen molar-refractivity contribution in [2.75, 3.05) is 0 Å². The van der Waals surface area contributed by atoms with Crippen LogP contribution >= 0.6 is 0 Å². The molecule has 0 atom stereocenters. The Hall–Kier alpha value is -6.10. The van der Waals surface area contributed by atoms with Gasteiger partial charge in [0.15, 0.2) is 0 Å². The van der Waals surface area contributed by atoms with Gasteiger partial charge in [-0.25, -0.2) is 0 Å². The van der Waals surface area contributed by atoms with E-state index in [1.165, 1.54) is 22.3 Å². The Bertz CT molecular complexity index is 1750. The van der Waals surface area contributed by atoms with E-state index in [0.29, 0.717) is 0 Å². The highest BCUT2D eigenvalue weighted by molar-refractivity contribution is 5.46. The van der Waals surface area contributed by atoms with Gasteiger partial charge in [-0.3, -0.25) is 0 Å². The molecule has 0 unspecified atom stereocenters. The lowest BCUT2D eigenvalue weighted by molar-refractivity contribution is -0.978. The van der Waals surface area contributed by atoms with Gasteiger partial charge >= 0.3 is 0 Å². The first-order valence-electron chi connectivity index (χ1n) is 17.3. The molecule has 0 heterocycles. The summed E-state index contributed by atoms with van der Waals surface area (Å²) in [7, 11) is 0. The average molecular weight is 670 g/mol. The number of quaternary nitrogens is 1. The Morgan fingerprint density at radius 1 is 0.353 bits per heavy atom. The van der Waals surface area contributed by atoms with Gasteiger partial charge in [-0.15, -0.1) is 5.75 Å². The molecule has 7 aromatic rings. The molecular weight excluding hydrogens is 627 g/mol. The van der Waals surface area contributed by atoms with Crippen molar-refractivity contribution in [1.29, 1.82) is 0 Å². The molecule has 0 radical (unpaired) electrons. The van der Waals surface area contributed by atoms with Crippen LogP contribution in [0.4, 0.5) is 0 Å². The second-order valence-electron chi connectivity index (χ2n) is 13.1. The summed E-state index contributed by atoms with van der Waals surface area (Å²) < 4.78 is 0.960. The van der Waals surface area contributed by atoms with Crippen molar-refractivity contribution in [3.8, 4) is 17.2 Å². The quantitative estimate of drug-likeness (QED) is 0.106. The van der Waals surface area contributed by atoms with Gasteiger partial charge in [0.25, 0.3) is 0 Å². The summed E-state index contributed by atoms with van der Waals surface area (Å²) in [5.74, 6) is 0.326. The Balaban J connectivity index is 0.000000183. The molecule has 254 valence electrons. The molecule has 4 heteroatoms. The molecule has 0 bridgehead atoms. The normalized spacial score (nSPS) is 11.1. The van der Waals surface area contributed by atoms with Crippen molar-refractivity contribution < 1.29 is 19.8 Å². The van der Waals surface area contributed by atoms with E-state index in [0.717, 1.165) is 47.4 Å². The van der Waals surface area contributed by atoms with Crippen LogP contribution in [-0.2, 0) is 26.2 Å². The van der Waals surface area contributed by atoms with Crippen LogP contribution in [0.1, 0.15) is 44.9 Å². The summed E-state index contributed by atoms with van der Waals surface area (Å²) in [5.41, 5.74) is 8.52. The minimum Gasteiger partial charge on any atom is -0.872 e. The van der Waals surface area contributed by atoms with Gasteiger partial charge < -0.3 is 19.8 Å². The number of hydrogen-bond acceptors (Lipinski definition) is 3. The number of aromatic hydroxyl groups is 2. The van der Waals surface area contributed by atoms with Crippen molar-refractivity contribution >= 4 is 0 Å². The first-order chi connectivity index (χ1) is 24.9. The molecule has 0 aromatic heterocycles. The predicted octanol–water partition coefficient (Wildman–Crippen LogP) is 9.96. The zero-order valence-electron chi connectivity index (χ0n) is 28.6. The number of hydrogen-bond donors (Lipinski definition) is 2. The Morgan fingerprint density at radius 3 is 0.882 bits per heavy atom. The zero-order valence-corrected chi connectivity index (χ0v) is 28.6. The van der Waals surface area contributed by atoms with Crippen LogP contribution < -0.4 is 5.11 Å². The number of nitrogens with zero attached hydrogens (tertiary/aromatic N) is 1. The van der Waals surface area contributed by atoms with Crippen molar-refractivity contribution in [3.05, 3.63) is 233 Å². The summed E-state index contributed by atoms with van der Waals surface area (Å²) in [5, 5.41) is 30.3. The smallest absolute Gasteiger partial charge is 0.115 e. The van der Waals surface area contributed by atoms with Crippen LogP contribution in [0.3, 0.4) is 0 Å². The van der Waals surface area contributed by atoms with Gasteiger partial charge in [0.05, 0.1) is 0 Å². The third-order valence-electron chi connectivity index (χ3n) is 9.11. The van der Waals surface area contributed by atoms with Gasteiger partial charge in [-0.05, 0) is 41.0 Å². The fourth-order valence-electron chi connectivity index (χ4n) is 6.79. The van der Waals surface area contributed by atoms with Crippen LogP contribution in [0.25, 0.3) is 0 Å². The van der Waals surface area contributed by atoms with Gasteiger partial charge in [-0.1, -0.05) is 170 Å². The van der Waals surface area contributed by atoms with Gasteiger partial charge in [0, 0.05) is 28.2 Å². The van der Waals surface area contributed by atoms with Crippen molar-refractivity contribution in [2.45, 2.75) is 32.1 Å². The highest BCUT2D eigenvalue weighted by atomic mass is 16.3. The minimum atomic E-state index is -0.0678. The highest BCUT2D eigenvalue weighted by Crippen LogP contribution is 2.34. The molecular formula is C47H43NO3. The number of benzene rings is 7. The maximum Gasteiger partial charge on any atom is 0.115 e. The predicted molar refractivity (Wildman–Crippen MR) is 204 cm³/mol. The van der Waals surface area contributed by atoms with Crippen LogP contribution in [0.5, 0.6) is 17.2 Å². The van der Waals surface area contributed by atoms with Gasteiger partial charge in [-0.2, -0.15) is 0 Å². The minimum absolute atomic E-state index is 0.0288. The van der Waals surface area contributed by atoms with Crippen molar-refractivity contribution in [2.24, 2.45) is 0 Å². The van der Waals surface area contributed by atoms with E-state index in [2.05, 4.69) is 121 Å². The summed E-state index contributed by atoms with van der Waals surface area (Å²) in [6.45, 7) is 4.00. The third-order valence-corrected chi connectivity index (χ3v) is 9.11. The maximum absolute atomic E-state index is 11.3. The van der Waals surface area contributed by atoms with Crippen molar-refractivity contribution in [1.82, 2.24) is 0 Å². The molecule has 4 nitrogen and oxygen atoms in total. The molecule has 0 aliphatic rings. The number of rotatable bonds is 11. The summed E-state index contributed by atoms with van der Waals surface area (Å²) in [6, 6.07) is 64.4. The van der Waals surface area contributed by atoms with Gasteiger partial charge in [0.1, 0.15) is 37.7 Å². The highest BCUT2D eigenvalue weighted by Gasteiger charge is 2.29. The molecule has 7 aromatic carbocycles. The van der Waals surface area contributed by atoms with Crippen LogP contribution in [0, 0.1) is 0 Å². The number of phenols is 2. The van der Waals surface area contributed by atoms with E-state index in [-0.39, 0.29) is 23.2 Å². The Morgan fingerprint density at radius 2 is 0.608 bits per heavy atom. The summed E-state index contributed by atoms with van der Waals surface area (Å²) >= 11 is 0. The van der Waals surface area contributed by atoms with Crippen LogP contribution in [0.15, 0.2) is 194 Å². The van der Waals surface area contributed by atoms with E-state index in [9.17, 15) is 15.3 Å². The maximum atomic E-state index is 11.3. The van der Waals surface area contributed by atoms with E-state index in [4.69, 9.17) is 0 Å². The molecule has 2 N–H and O–H groups in total. The van der Waals surface area contributed by atoms with Crippen molar-refractivity contribution in [3.63, 3.8) is 0 Å². The molecule has 7 rings (SSSR count). The molecule has 0 amide bonds. The van der Waals surface area contributed by atoms with E-state index in [1.54, 1.807) is 36.4 Å². The first kappa shape index (κ1) is 34.8. The SMILES string of the molecule is [O-]c1ccc(C(c2ccc(O)cc2)c2ccc(O)cc2)cc1.c1ccc(C[N+](Cc2ccccc2)(Cc2ccccc2)Cc2ccccc2)cc1. The lowest BCUT2D eigenvalue weighted by atomic mass is 9.85. The fourth-order valence-corrected chi connectivity index (χ4v) is 6.79. The van der Waals surface area contributed by atoms with Crippen LogP contribution in [0.2, 0.25) is 0 Å². The van der Waals surface area contributed by atoms with Crippen LogP contribution in [-0.4, -0.2) is 14.7 Å². The monoisotopic (exact) mass is 669 g/mol. The zero-order chi connectivity index (χ0) is 35.3. The Kier molecular flexibility index (Phi) is 11.6. The second-order valence-corrected chi connectivity index (χ2v) is 13.1. The summed E-state index contributed by atoms with van der Waals surface area (Å²) in [6.07, 6.45) is 0. The average Bonchev–Trinajstić information content (AvgIpc) is 3.16. The molecule has 0 aliphatic carbocycles. The lowest BCUT2D eigenvalue weighted by Gasteiger charge is -2.39. The first-order valence-corrected chi connectivity index (χ1v) is 17.3. The Labute approximate surface area is 301 Å². The summed E-state index contributed by atoms with van der Waals surface area (Å²) in [4.78, 5) is 0. The third kappa shape index (κ3) is 9.98. The van der Waals surface area contributed by atoms with E-state index < -0.39 is 0 Å². The molecule has 0 saturated heterocycles. The molecule has 0 aliphatic heterocycles. The largest absolute Gasteiger partial charge is 0.872 e. The van der Waals surface area contributed by atoms with E-state index in [1.807, 2.05) is 36.4 Å². The molecule has 0 spiro atoms. The fraction of sp³-hybridized carbons (Fsp3) is 0.106. The van der Waals surface area contributed by atoms with E-state index >= 15 is 0 Å². The number of phenolic OH excluding ortho intramolecular Hbond substituents is 2. The standard InChI is InChI=1S/C28H28N.C19H16O3/c1-5-13-25(14-6-1)21-29(22-26-15-7-2-8-16-26,23-27-17-9-3-10-18-27)24-28-19-11-4-12-20-28;20-16-7-1-13(2-8-16)19(14-3-9-17(21)10-4-14)15-5-11-18(22)12-6-15/h1-20H,21-24H2;1-12,19-22H/q+1;/p-1. The van der Waals surface area contributed by atoms with Gasteiger partial charge in [0.2, 0.25) is 0 Å². The topological polar surface area (TPSA) is 63.5 Å². The molecule has 0 fully saturated rings. The molecule has 51 heavy (non-hydrogen) atoms. The molecule has 0 saturated carbocycles. The second kappa shape index (κ2) is 17.0. The lowest BCUT2D eigenvalue weighted by Crippen LogP contribution is -2.45.